The Morgan fingerprint density at radius 2 is 2.29 bits per heavy atom. The number of carboxylic acids is 1. The van der Waals surface area contributed by atoms with Crippen molar-refractivity contribution in [3.8, 4) is 0 Å². The van der Waals surface area contributed by atoms with Crippen LogP contribution in [0.1, 0.15) is 34.5 Å². The van der Waals surface area contributed by atoms with E-state index < -0.39 is 23.0 Å². The third-order valence-corrected chi connectivity index (χ3v) is 2.36. The quantitative estimate of drug-likeness (QED) is 0.760. The molecule has 0 fully saturated rings. The number of halogens is 2. The van der Waals surface area contributed by atoms with Gasteiger partial charge in [-0.15, -0.1) is 0 Å². The number of hydrogen-bond donors (Lipinski definition) is 1. The molecular formula is C9H8F2O3. The molecule has 1 aromatic rings. The van der Waals surface area contributed by atoms with Crippen LogP contribution in [0.4, 0.5) is 8.78 Å². The number of aromatic carboxylic acids is 1. The Morgan fingerprint density at radius 1 is 1.57 bits per heavy atom. The molecule has 0 radical (unpaired) electrons. The van der Waals surface area contributed by atoms with Crippen molar-refractivity contribution in [2.45, 2.75) is 25.2 Å². The second-order valence-electron chi connectivity index (χ2n) is 3.31. The topological polar surface area (TPSA) is 50.4 Å². The third kappa shape index (κ3) is 1.20. The normalized spacial score (nSPS) is 19.0. The van der Waals surface area contributed by atoms with E-state index >= 15 is 0 Å². The highest BCUT2D eigenvalue weighted by molar-refractivity contribution is 5.89. The summed E-state index contributed by atoms with van der Waals surface area (Å²) in [4.78, 5) is 10.6. The van der Waals surface area contributed by atoms with Gasteiger partial charge in [0, 0.05) is 12.8 Å². The first kappa shape index (κ1) is 9.18. The van der Waals surface area contributed by atoms with Gasteiger partial charge in [0.1, 0.15) is 17.6 Å². The minimum absolute atomic E-state index is 0.110. The number of carbonyl (C=O) groups is 1. The van der Waals surface area contributed by atoms with Gasteiger partial charge >= 0.3 is 5.97 Å². The van der Waals surface area contributed by atoms with Crippen molar-refractivity contribution < 1.29 is 23.1 Å². The van der Waals surface area contributed by atoms with Crippen LogP contribution in [-0.4, -0.2) is 11.1 Å². The van der Waals surface area contributed by atoms with Crippen LogP contribution in [0.15, 0.2) is 10.7 Å². The molecule has 1 aliphatic carbocycles. The van der Waals surface area contributed by atoms with E-state index in [9.17, 15) is 13.6 Å². The smallest absolute Gasteiger partial charge is 0.339 e. The fraction of sp³-hybridized carbons (Fsp3) is 0.444. The van der Waals surface area contributed by atoms with Crippen molar-refractivity contribution in [2.24, 2.45) is 0 Å². The lowest BCUT2D eigenvalue weighted by Gasteiger charge is -2.21. The minimum atomic E-state index is -3.06. The van der Waals surface area contributed by atoms with Crippen molar-refractivity contribution >= 4 is 5.97 Å². The molecule has 1 aromatic heterocycles. The van der Waals surface area contributed by atoms with Crippen LogP contribution < -0.4 is 0 Å². The average Bonchev–Trinajstić information content (AvgIpc) is 2.48. The molecule has 76 valence electrons. The molecule has 1 aliphatic rings. The molecule has 0 amide bonds. The highest BCUT2D eigenvalue weighted by Crippen LogP contribution is 2.42. The maximum atomic E-state index is 13.3. The van der Waals surface area contributed by atoms with E-state index in [1.165, 1.54) is 0 Å². The lowest BCUT2D eigenvalue weighted by atomic mass is 9.92. The van der Waals surface area contributed by atoms with E-state index in [0.717, 1.165) is 6.26 Å². The van der Waals surface area contributed by atoms with E-state index in [1.54, 1.807) is 0 Å². The molecule has 5 heteroatoms. The first-order valence-corrected chi connectivity index (χ1v) is 4.24. The summed E-state index contributed by atoms with van der Waals surface area (Å²) in [5.74, 6) is -4.32. The molecule has 14 heavy (non-hydrogen) atoms. The summed E-state index contributed by atoms with van der Waals surface area (Å²) in [5, 5.41) is 8.67. The van der Waals surface area contributed by atoms with E-state index in [2.05, 4.69) is 0 Å². The standard InChI is InChI=1S/C9H8F2O3/c10-9(11)3-1-2-6-7(9)5(4-14-6)8(12)13/h4H,1-3H2,(H,12,13). The number of fused-ring (bicyclic) bond motifs is 1. The van der Waals surface area contributed by atoms with Gasteiger partial charge in [0.15, 0.2) is 0 Å². The summed E-state index contributed by atoms with van der Waals surface area (Å²) in [6.45, 7) is 0. The van der Waals surface area contributed by atoms with Crippen LogP contribution in [-0.2, 0) is 12.3 Å². The largest absolute Gasteiger partial charge is 0.478 e. The maximum absolute atomic E-state index is 13.3. The minimum Gasteiger partial charge on any atom is -0.478 e. The molecule has 2 rings (SSSR count). The van der Waals surface area contributed by atoms with Crippen LogP contribution >= 0.6 is 0 Å². The summed E-state index contributed by atoms with van der Waals surface area (Å²) in [6, 6.07) is 0. The predicted molar refractivity (Wildman–Crippen MR) is 42.5 cm³/mol. The van der Waals surface area contributed by atoms with Gasteiger partial charge < -0.3 is 9.52 Å². The van der Waals surface area contributed by atoms with Crippen LogP contribution in [0, 0.1) is 0 Å². The van der Waals surface area contributed by atoms with Crippen LogP contribution in [0.5, 0.6) is 0 Å². The van der Waals surface area contributed by atoms with E-state index in [1.807, 2.05) is 0 Å². The number of hydrogen-bond acceptors (Lipinski definition) is 2. The Hall–Kier alpha value is -1.39. The molecule has 0 unspecified atom stereocenters. The van der Waals surface area contributed by atoms with Crippen LogP contribution in [0.2, 0.25) is 0 Å². The zero-order valence-corrected chi connectivity index (χ0v) is 7.22. The summed E-state index contributed by atoms with van der Waals surface area (Å²) < 4.78 is 31.5. The first-order valence-electron chi connectivity index (χ1n) is 4.24. The Balaban J connectivity index is 2.58. The van der Waals surface area contributed by atoms with Gasteiger partial charge in [-0.2, -0.15) is 0 Å². The monoisotopic (exact) mass is 202 g/mol. The average molecular weight is 202 g/mol. The lowest BCUT2D eigenvalue weighted by molar-refractivity contribution is -0.0246. The molecule has 0 aromatic carbocycles. The highest BCUT2D eigenvalue weighted by Gasteiger charge is 2.42. The van der Waals surface area contributed by atoms with Gasteiger partial charge in [0.05, 0.1) is 5.56 Å². The van der Waals surface area contributed by atoms with Gasteiger partial charge in [-0.3, -0.25) is 0 Å². The number of carboxylic acid groups (broad SMARTS) is 1. The number of rotatable bonds is 1. The third-order valence-electron chi connectivity index (χ3n) is 2.36. The van der Waals surface area contributed by atoms with Gasteiger partial charge in [-0.05, 0) is 6.42 Å². The van der Waals surface area contributed by atoms with Crippen molar-refractivity contribution in [1.29, 1.82) is 0 Å². The number of furan rings is 1. The van der Waals surface area contributed by atoms with E-state index in [0.29, 0.717) is 12.8 Å². The maximum Gasteiger partial charge on any atom is 0.339 e. The second kappa shape index (κ2) is 2.80. The zero-order valence-electron chi connectivity index (χ0n) is 7.22. The highest BCUT2D eigenvalue weighted by atomic mass is 19.3. The molecule has 0 atom stereocenters. The van der Waals surface area contributed by atoms with Crippen molar-refractivity contribution in [1.82, 2.24) is 0 Å². The molecule has 1 heterocycles. The molecular weight excluding hydrogens is 194 g/mol. The molecule has 0 saturated carbocycles. The lowest BCUT2D eigenvalue weighted by Crippen LogP contribution is -2.22. The summed E-state index contributed by atoms with van der Waals surface area (Å²) in [6.07, 6.45) is 1.30. The Bertz CT molecular complexity index is 381. The zero-order chi connectivity index (χ0) is 10.3. The van der Waals surface area contributed by atoms with Crippen molar-refractivity contribution in [2.75, 3.05) is 0 Å². The number of alkyl halides is 2. The Kier molecular flexibility index (Phi) is 1.83. The summed E-state index contributed by atoms with van der Waals surface area (Å²) in [5.41, 5.74) is -0.846. The molecule has 0 aliphatic heterocycles. The van der Waals surface area contributed by atoms with Crippen LogP contribution in [0.3, 0.4) is 0 Å². The van der Waals surface area contributed by atoms with Gasteiger partial charge in [0.25, 0.3) is 5.92 Å². The fourth-order valence-corrected chi connectivity index (χ4v) is 1.74. The van der Waals surface area contributed by atoms with Gasteiger partial charge in [-0.1, -0.05) is 0 Å². The summed E-state index contributed by atoms with van der Waals surface area (Å²) >= 11 is 0. The molecule has 1 N–H and O–H groups in total. The number of aryl methyl sites for hydroxylation is 1. The molecule has 0 spiro atoms. The summed E-state index contributed by atoms with van der Waals surface area (Å²) in [7, 11) is 0. The van der Waals surface area contributed by atoms with Gasteiger partial charge in [-0.25, -0.2) is 13.6 Å². The van der Waals surface area contributed by atoms with E-state index in [4.69, 9.17) is 9.52 Å². The van der Waals surface area contributed by atoms with Gasteiger partial charge in [0.2, 0.25) is 0 Å². The van der Waals surface area contributed by atoms with E-state index in [-0.39, 0.29) is 12.2 Å². The Labute approximate surface area is 78.3 Å². The van der Waals surface area contributed by atoms with Crippen LogP contribution in [0.25, 0.3) is 0 Å². The molecule has 0 saturated heterocycles. The van der Waals surface area contributed by atoms with Crippen molar-refractivity contribution in [3.05, 3.63) is 23.2 Å². The molecule has 0 bridgehead atoms. The predicted octanol–water partition coefficient (Wildman–Crippen LogP) is 2.41. The Morgan fingerprint density at radius 3 is 2.93 bits per heavy atom. The first-order chi connectivity index (χ1) is 6.52. The molecule has 3 nitrogen and oxygen atoms in total. The van der Waals surface area contributed by atoms with Crippen molar-refractivity contribution in [3.63, 3.8) is 0 Å². The second-order valence-corrected chi connectivity index (χ2v) is 3.31. The SMILES string of the molecule is O=C(O)c1coc2c1C(F)(F)CCC2. The fourth-order valence-electron chi connectivity index (χ4n) is 1.74.